The lowest BCUT2D eigenvalue weighted by Crippen LogP contribution is -1.39. The maximum atomic E-state index is 4.35. The van der Waals surface area contributed by atoms with Crippen molar-refractivity contribution in [2.45, 2.75) is 0 Å². The van der Waals surface area contributed by atoms with Crippen molar-refractivity contribution in [3.63, 3.8) is 0 Å². The minimum absolute atomic E-state index is 1.32. The Labute approximate surface area is 29.4 Å². The Bertz CT molecular complexity index is 63.4. The van der Waals surface area contributed by atoms with Gasteiger partial charge < -0.3 is 4.42 Å². The third kappa shape index (κ3) is 0.265. The fourth-order valence-electron chi connectivity index (χ4n) is 0.152. The molecule has 0 aliphatic carbocycles. The van der Waals surface area contributed by atoms with Crippen molar-refractivity contribution in [2.24, 2.45) is 0 Å². The van der Waals surface area contributed by atoms with E-state index in [4.69, 9.17) is 0 Å². The molecule has 0 aliphatic rings. The molecule has 1 rings (SSSR count). The number of nitrogens with zero attached hydrogens (tertiary/aromatic N) is 1. The van der Waals surface area contributed by atoms with Gasteiger partial charge in [-0.05, 0) is 0 Å². The molecule has 25 valence electrons. The highest BCUT2D eigenvalue weighted by molar-refractivity contribution is 4.53. The van der Waals surface area contributed by atoms with Gasteiger partial charge in [-0.25, -0.2) is 4.98 Å². The first-order valence-electron chi connectivity index (χ1n) is 1.24. The predicted octanol–water partition coefficient (Wildman–Crippen LogP) is 0.475. The highest BCUT2D eigenvalue weighted by atomic mass is 16.3. The van der Waals surface area contributed by atoms with Crippen LogP contribution in [0, 0.1) is 6.26 Å². The topological polar surface area (TPSA) is 26.0 Å². The first-order valence-corrected chi connectivity index (χ1v) is 1.24. The molecule has 2 heteroatoms. The van der Waals surface area contributed by atoms with Gasteiger partial charge in [-0.2, -0.15) is 0 Å². The number of aromatic nitrogens is 1. The molecule has 0 unspecified atom stereocenters. The molecule has 0 spiro atoms. The Morgan fingerprint density at radius 1 is 1.80 bits per heavy atom. The molecule has 0 amide bonds. The van der Waals surface area contributed by atoms with Crippen LogP contribution in [0.1, 0.15) is 0 Å². The Kier molecular flexibility index (Phi) is 0.433. The first-order chi connectivity index (χ1) is 2.50. The van der Waals surface area contributed by atoms with E-state index in [9.17, 15) is 0 Å². The van der Waals surface area contributed by atoms with E-state index in [0.717, 1.165) is 0 Å². The van der Waals surface area contributed by atoms with E-state index < -0.39 is 0 Å². The standard InChI is InChI=1S/C3H2NO/c1-2-5-3-4-1/h1,3H. The smallest absolute Gasteiger partial charge is 0.191 e. The highest BCUT2D eigenvalue weighted by Crippen LogP contribution is 1.70. The Morgan fingerprint density at radius 3 is 3.00 bits per heavy atom. The lowest BCUT2D eigenvalue weighted by atomic mass is 11.0. The van der Waals surface area contributed by atoms with Gasteiger partial charge in [0.15, 0.2) is 12.7 Å². The summed E-state index contributed by atoms with van der Waals surface area (Å²) >= 11 is 0. The summed E-state index contributed by atoms with van der Waals surface area (Å²) in [6.07, 6.45) is 5.15. The molecular weight excluding hydrogens is 66.0 g/mol. The minimum atomic E-state index is 1.32. The molecule has 1 radical (unpaired) electrons. The van der Waals surface area contributed by atoms with Crippen molar-refractivity contribution in [1.82, 2.24) is 4.98 Å². The largest absolute Gasteiger partial charge is 0.440 e. The van der Waals surface area contributed by atoms with E-state index in [0.29, 0.717) is 0 Å². The van der Waals surface area contributed by atoms with Crippen molar-refractivity contribution in [3.8, 4) is 0 Å². The Balaban J connectivity index is 3.13. The summed E-state index contributed by atoms with van der Waals surface area (Å²) in [6, 6.07) is 0. The second-order valence-electron chi connectivity index (χ2n) is 0.619. The molecule has 1 aromatic rings. The van der Waals surface area contributed by atoms with Gasteiger partial charge in [-0.15, -0.1) is 0 Å². The molecular formula is C3H2NO. The predicted molar refractivity (Wildman–Crippen MR) is 15.3 cm³/mol. The molecule has 0 aromatic carbocycles. The Morgan fingerprint density at radius 2 is 2.80 bits per heavy atom. The van der Waals surface area contributed by atoms with Crippen LogP contribution in [0.25, 0.3) is 0 Å². The van der Waals surface area contributed by atoms with Gasteiger partial charge in [0, 0.05) is 0 Å². The zero-order chi connectivity index (χ0) is 3.54. The molecule has 0 aliphatic heterocycles. The first kappa shape index (κ1) is 2.45. The van der Waals surface area contributed by atoms with Crippen LogP contribution < -0.4 is 0 Å². The van der Waals surface area contributed by atoms with E-state index in [1.54, 1.807) is 0 Å². The van der Waals surface area contributed by atoms with Crippen LogP contribution in [0.4, 0.5) is 0 Å². The van der Waals surface area contributed by atoms with Gasteiger partial charge in [0.25, 0.3) is 0 Å². The SMILES string of the molecule is [c]1cnco1. The summed E-state index contributed by atoms with van der Waals surface area (Å²) in [6.45, 7) is 0. The van der Waals surface area contributed by atoms with Crippen LogP contribution in [0.3, 0.4) is 0 Å². The van der Waals surface area contributed by atoms with Crippen LogP contribution in [-0.2, 0) is 0 Å². The summed E-state index contributed by atoms with van der Waals surface area (Å²) in [7, 11) is 0. The fraction of sp³-hybridized carbons (Fsp3) is 0. The molecule has 0 saturated carbocycles. The van der Waals surface area contributed by atoms with E-state index in [2.05, 4.69) is 15.7 Å². The van der Waals surface area contributed by atoms with Gasteiger partial charge in [-0.1, -0.05) is 0 Å². The Hall–Kier alpha value is -0.790. The second kappa shape index (κ2) is 0.885. The molecule has 0 saturated heterocycles. The summed E-state index contributed by atoms with van der Waals surface area (Å²) in [4.78, 5) is 3.50. The second-order valence-corrected chi connectivity index (χ2v) is 0.619. The third-order valence-corrected chi connectivity index (χ3v) is 0.309. The van der Waals surface area contributed by atoms with Crippen LogP contribution >= 0.6 is 0 Å². The van der Waals surface area contributed by atoms with E-state index in [1.807, 2.05) is 0 Å². The number of rotatable bonds is 0. The maximum Gasteiger partial charge on any atom is 0.191 e. The van der Waals surface area contributed by atoms with Crippen LogP contribution in [0.2, 0.25) is 0 Å². The van der Waals surface area contributed by atoms with Crippen molar-refractivity contribution in [1.29, 1.82) is 0 Å². The van der Waals surface area contributed by atoms with E-state index in [-0.39, 0.29) is 0 Å². The van der Waals surface area contributed by atoms with Crippen molar-refractivity contribution in [3.05, 3.63) is 18.9 Å². The normalized spacial score (nSPS) is 8.00. The highest BCUT2D eigenvalue weighted by Gasteiger charge is 1.61. The lowest BCUT2D eigenvalue weighted by molar-refractivity contribution is 0.549. The molecule has 1 heterocycles. The summed E-state index contributed by atoms with van der Waals surface area (Å²) in [5, 5.41) is 0. The summed E-state index contributed by atoms with van der Waals surface area (Å²) in [5.41, 5.74) is 0. The number of hydrogen-bond donors (Lipinski definition) is 0. The average molecular weight is 68.1 g/mol. The summed E-state index contributed by atoms with van der Waals surface area (Å²) in [5.74, 6) is 0. The molecule has 2 nitrogen and oxygen atoms in total. The molecule has 0 N–H and O–H groups in total. The fourth-order valence-corrected chi connectivity index (χ4v) is 0.152. The van der Waals surface area contributed by atoms with Crippen molar-refractivity contribution in [2.75, 3.05) is 0 Å². The van der Waals surface area contributed by atoms with Crippen LogP contribution in [0.15, 0.2) is 17.0 Å². The zero-order valence-corrected chi connectivity index (χ0v) is 2.51. The molecule has 0 bridgehead atoms. The molecule has 5 heavy (non-hydrogen) atoms. The molecule has 0 fully saturated rings. The van der Waals surface area contributed by atoms with Crippen LogP contribution in [0.5, 0.6) is 0 Å². The average Bonchev–Trinajstić information content (AvgIpc) is 1.76. The molecule has 1 aromatic heterocycles. The maximum absolute atomic E-state index is 4.35. The third-order valence-electron chi connectivity index (χ3n) is 0.309. The quantitative estimate of drug-likeness (QED) is 0.441. The summed E-state index contributed by atoms with van der Waals surface area (Å²) < 4.78 is 4.35. The van der Waals surface area contributed by atoms with Gasteiger partial charge in [0.05, 0.1) is 6.20 Å². The lowest BCUT2D eigenvalue weighted by Gasteiger charge is -1.45. The van der Waals surface area contributed by atoms with Gasteiger partial charge in [-0.3, -0.25) is 0 Å². The minimum Gasteiger partial charge on any atom is -0.440 e. The number of oxazole rings is 1. The van der Waals surface area contributed by atoms with E-state index >= 15 is 0 Å². The molecule has 0 atom stereocenters. The zero-order valence-electron chi connectivity index (χ0n) is 2.51. The van der Waals surface area contributed by atoms with Crippen LogP contribution in [-0.4, -0.2) is 4.98 Å². The monoisotopic (exact) mass is 68.0 g/mol. The number of hydrogen-bond acceptors (Lipinski definition) is 2. The van der Waals surface area contributed by atoms with Crippen molar-refractivity contribution < 1.29 is 4.42 Å². The van der Waals surface area contributed by atoms with Gasteiger partial charge in [0.2, 0.25) is 0 Å². The van der Waals surface area contributed by atoms with Gasteiger partial charge in [0.1, 0.15) is 0 Å². The van der Waals surface area contributed by atoms with E-state index in [1.165, 1.54) is 12.6 Å². The van der Waals surface area contributed by atoms with Crippen molar-refractivity contribution >= 4 is 0 Å². The van der Waals surface area contributed by atoms with Gasteiger partial charge >= 0.3 is 0 Å².